The van der Waals surface area contributed by atoms with Crippen LogP contribution >= 0.6 is 0 Å². The predicted molar refractivity (Wildman–Crippen MR) is 117 cm³/mol. The van der Waals surface area contributed by atoms with Crippen molar-refractivity contribution < 1.29 is 5.11 Å². The molecule has 0 aliphatic carbocycles. The fourth-order valence-electron chi connectivity index (χ4n) is 4.65. The van der Waals surface area contributed by atoms with E-state index in [9.17, 15) is 5.11 Å². The summed E-state index contributed by atoms with van der Waals surface area (Å²) in [6.45, 7) is 9.36. The van der Waals surface area contributed by atoms with Gasteiger partial charge >= 0.3 is 0 Å². The molecule has 0 aliphatic heterocycles. The van der Waals surface area contributed by atoms with Gasteiger partial charge in [-0.05, 0) is 29.9 Å². The number of phenolic OH excluding ortho intramolecular Hbond substituents is 1. The van der Waals surface area contributed by atoms with Gasteiger partial charge in [0.05, 0.1) is 0 Å². The Morgan fingerprint density at radius 1 is 0.704 bits per heavy atom. The molecule has 0 saturated carbocycles. The highest BCUT2D eigenvalue weighted by Gasteiger charge is 2.47. The third-order valence-corrected chi connectivity index (χ3v) is 6.67. The molecule has 1 N–H and O–H groups in total. The summed E-state index contributed by atoms with van der Waals surface area (Å²) in [7, 11) is 0. The van der Waals surface area contributed by atoms with Crippen LogP contribution < -0.4 is 0 Å². The van der Waals surface area contributed by atoms with E-state index >= 15 is 0 Å². The van der Waals surface area contributed by atoms with Crippen LogP contribution in [0.3, 0.4) is 0 Å². The van der Waals surface area contributed by atoms with E-state index in [1.54, 1.807) is 0 Å². The second-order valence-corrected chi connectivity index (χ2v) is 8.48. The Morgan fingerprint density at radius 3 is 1.74 bits per heavy atom. The molecule has 2 rings (SSSR count). The van der Waals surface area contributed by atoms with Gasteiger partial charge in [-0.1, -0.05) is 115 Å². The molecule has 0 amide bonds. The first-order chi connectivity index (χ1) is 13.0. The van der Waals surface area contributed by atoms with Crippen LogP contribution in [-0.4, -0.2) is 5.11 Å². The van der Waals surface area contributed by atoms with E-state index < -0.39 is 0 Å². The maximum Gasteiger partial charge on any atom is 0.119 e. The highest BCUT2D eigenvalue weighted by atomic mass is 16.3. The Labute approximate surface area is 166 Å². The van der Waals surface area contributed by atoms with Crippen LogP contribution in [0.15, 0.2) is 54.6 Å². The van der Waals surface area contributed by atoms with Gasteiger partial charge in [-0.25, -0.2) is 0 Å². The number of benzene rings is 2. The van der Waals surface area contributed by atoms with Crippen molar-refractivity contribution in [2.75, 3.05) is 0 Å². The van der Waals surface area contributed by atoms with Crippen LogP contribution in [0.1, 0.15) is 90.2 Å². The maximum atomic E-state index is 10.8. The lowest BCUT2D eigenvalue weighted by Gasteiger charge is -2.48. The van der Waals surface area contributed by atoms with E-state index in [2.05, 4.69) is 70.2 Å². The summed E-state index contributed by atoms with van der Waals surface area (Å²) in [5.74, 6) is 0.418. The van der Waals surface area contributed by atoms with Gasteiger partial charge in [-0.2, -0.15) is 0 Å². The van der Waals surface area contributed by atoms with Crippen molar-refractivity contribution in [1.29, 1.82) is 0 Å². The number of unbranched alkanes of at least 4 members (excludes halogenated alkanes) is 4. The van der Waals surface area contributed by atoms with Crippen LogP contribution in [0.4, 0.5) is 0 Å². The van der Waals surface area contributed by atoms with Gasteiger partial charge in [0, 0.05) is 11.0 Å². The normalized spacial score (nSPS) is 14.1. The molecule has 0 saturated heterocycles. The van der Waals surface area contributed by atoms with E-state index in [0.29, 0.717) is 5.75 Å². The smallest absolute Gasteiger partial charge is 0.119 e. The van der Waals surface area contributed by atoms with Crippen LogP contribution in [-0.2, 0) is 5.41 Å². The second-order valence-electron chi connectivity index (χ2n) is 8.48. The largest absolute Gasteiger partial charge is 0.508 e. The molecule has 148 valence electrons. The van der Waals surface area contributed by atoms with Gasteiger partial charge < -0.3 is 5.11 Å². The van der Waals surface area contributed by atoms with Crippen molar-refractivity contribution in [1.82, 2.24) is 0 Å². The van der Waals surface area contributed by atoms with Crippen molar-refractivity contribution in [3.05, 3.63) is 65.7 Å². The van der Waals surface area contributed by atoms with E-state index in [1.807, 2.05) is 12.1 Å². The molecule has 1 heteroatoms. The van der Waals surface area contributed by atoms with E-state index in [0.717, 1.165) is 5.56 Å². The predicted octanol–water partition coefficient (Wildman–Crippen LogP) is 7.87. The molecule has 0 spiro atoms. The fourth-order valence-corrected chi connectivity index (χ4v) is 4.65. The molecule has 2 aromatic carbocycles. The molecule has 1 atom stereocenters. The summed E-state index contributed by atoms with van der Waals surface area (Å²) in [6.07, 6.45) is 9.89. The number of para-hydroxylation sites is 1. The zero-order chi connectivity index (χ0) is 19.8. The minimum atomic E-state index is -0.221. The SMILES string of the molecule is CCCCCC(C)(CCCCC)C(C)(c1ccccc1)c1ccccc1O. The van der Waals surface area contributed by atoms with Crippen molar-refractivity contribution in [2.45, 2.75) is 84.5 Å². The molecule has 1 nitrogen and oxygen atoms in total. The van der Waals surface area contributed by atoms with E-state index in [1.165, 1.54) is 56.9 Å². The number of hydrogen-bond acceptors (Lipinski definition) is 1. The zero-order valence-electron chi connectivity index (χ0n) is 17.8. The Kier molecular flexibility index (Phi) is 7.95. The Balaban J connectivity index is 2.57. The lowest BCUT2D eigenvalue weighted by Crippen LogP contribution is -2.42. The van der Waals surface area contributed by atoms with Gasteiger partial charge in [0.2, 0.25) is 0 Å². The van der Waals surface area contributed by atoms with Crippen LogP contribution in [0.5, 0.6) is 5.75 Å². The third-order valence-electron chi connectivity index (χ3n) is 6.67. The standard InChI is InChI=1S/C26H38O/c1-5-7-14-20-25(3,21-15-8-6-2)26(4,22-16-10-9-11-17-22)23-18-12-13-19-24(23)27/h9-13,16-19,27H,5-8,14-15,20-21H2,1-4H3. The molecule has 27 heavy (non-hydrogen) atoms. The van der Waals surface area contributed by atoms with Crippen molar-refractivity contribution in [2.24, 2.45) is 5.41 Å². The minimum absolute atomic E-state index is 0.0948. The lowest BCUT2D eigenvalue weighted by atomic mass is 9.55. The van der Waals surface area contributed by atoms with Gasteiger partial charge in [0.15, 0.2) is 0 Å². The van der Waals surface area contributed by atoms with Gasteiger partial charge in [0.25, 0.3) is 0 Å². The number of aromatic hydroxyl groups is 1. The first kappa shape index (κ1) is 21.5. The quantitative estimate of drug-likeness (QED) is 0.401. The van der Waals surface area contributed by atoms with Crippen molar-refractivity contribution in [3.63, 3.8) is 0 Å². The summed E-state index contributed by atoms with van der Waals surface area (Å²) in [5, 5.41) is 10.8. The average molecular weight is 367 g/mol. The number of hydrogen-bond donors (Lipinski definition) is 1. The molecule has 0 radical (unpaired) electrons. The van der Waals surface area contributed by atoms with Crippen LogP contribution in [0, 0.1) is 5.41 Å². The molecular weight excluding hydrogens is 328 g/mol. The summed E-state index contributed by atoms with van der Waals surface area (Å²) in [4.78, 5) is 0. The molecule has 1 unspecified atom stereocenters. The monoisotopic (exact) mass is 366 g/mol. The van der Waals surface area contributed by atoms with Crippen molar-refractivity contribution >= 4 is 0 Å². The second kappa shape index (κ2) is 9.97. The first-order valence-electron chi connectivity index (χ1n) is 10.8. The van der Waals surface area contributed by atoms with Gasteiger partial charge in [0.1, 0.15) is 5.75 Å². The Bertz CT molecular complexity index is 666. The lowest BCUT2D eigenvalue weighted by molar-refractivity contribution is 0.144. The molecule has 2 aromatic rings. The highest BCUT2D eigenvalue weighted by Crippen LogP contribution is 2.54. The average Bonchev–Trinajstić information content (AvgIpc) is 2.69. The Morgan fingerprint density at radius 2 is 1.22 bits per heavy atom. The fraction of sp³-hybridized carbons (Fsp3) is 0.538. The molecule has 0 aromatic heterocycles. The van der Waals surface area contributed by atoms with Gasteiger partial charge in [-0.3, -0.25) is 0 Å². The molecule has 0 aliphatic rings. The van der Waals surface area contributed by atoms with Gasteiger partial charge in [-0.15, -0.1) is 0 Å². The molecule has 0 fully saturated rings. The van der Waals surface area contributed by atoms with Crippen LogP contribution in [0.25, 0.3) is 0 Å². The number of rotatable bonds is 11. The molecule has 0 heterocycles. The van der Waals surface area contributed by atoms with Crippen LogP contribution in [0.2, 0.25) is 0 Å². The summed E-state index contributed by atoms with van der Waals surface area (Å²) in [5.41, 5.74) is 2.24. The molecular formula is C26H38O. The topological polar surface area (TPSA) is 20.2 Å². The summed E-state index contributed by atoms with van der Waals surface area (Å²) in [6, 6.07) is 18.8. The Hall–Kier alpha value is -1.76. The maximum absolute atomic E-state index is 10.8. The number of phenols is 1. The minimum Gasteiger partial charge on any atom is -0.508 e. The third kappa shape index (κ3) is 4.75. The first-order valence-corrected chi connectivity index (χ1v) is 10.8. The highest BCUT2D eigenvalue weighted by molar-refractivity contribution is 5.48. The summed E-state index contributed by atoms with van der Waals surface area (Å²) >= 11 is 0. The van der Waals surface area contributed by atoms with Crippen molar-refractivity contribution in [3.8, 4) is 5.75 Å². The summed E-state index contributed by atoms with van der Waals surface area (Å²) < 4.78 is 0. The van der Waals surface area contributed by atoms with E-state index in [4.69, 9.17) is 0 Å². The van der Waals surface area contributed by atoms with E-state index in [-0.39, 0.29) is 10.8 Å². The zero-order valence-corrected chi connectivity index (χ0v) is 17.8. The molecule has 0 bridgehead atoms.